The molecule has 0 amide bonds. The van der Waals surface area contributed by atoms with Gasteiger partial charge in [-0.1, -0.05) is 30.3 Å². The van der Waals surface area contributed by atoms with Gasteiger partial charge in [-0.3, -0.25) is 0 Å². The Balaban J connectivity index is 1.54. The quantitative estimate of drug-likeness (QED) is 0.210. The normalized spacial score (nSPS) is 17.6. The second-order valence-corrected chi connectivity index (χ2v) is 11.9. The van der Waals surface area contributed by atoms with Gasteiger partial charge in [0.1, 0.15) is 11.5 Å². The lowest BCUT2D eigenvalue weighted by Crippen LogP contribution is -2.44. The Morgan fingerprint density at radius 2 is 1.76 bits per heavy atom. The summed E-state index contributed by atoms with van der Waals surface area (Å²) in [5.74, 6) is 1.27. The summed E-state index contributed by atoms with van der Waals surface area (Å²) >= 11 is 5.91. The summed E-state index contributed by atoms with van der Waals surface area (Å²) < 4.78 is 18.2. The number of hydrogen-bond acceptors (Lipinski definition) is 11. The van der Waals surface area contributed by atoms with E-state index in [0.717, 1.165) is 42.3 Å². The van der Waals surface area contributed by atoms with Crippen LogP contribution in [-0.4, -0.2) is 18.7 Å². The summed E-state index contributed by atoms with van der Waals surface area (Å²) in [6.45, 7) is 0. The first-order valence-corrected chi connectivity index (χ1v) is 14.9. The highest BCUT2D eigenvalue weighted by Gasteiger charge is 2.59. The molecule has 1 aliphatic rings. The van der Waals surface area contributed by atoms with Crippen molar-refractivity contribution in [1.29, 1.82) is 0 Å². The van der Waals surface area contributed by atoms with E-state index in [4.69, 9.17) is 23.0 Å². The number of thiazole rings is 2. The zero-order valence-electron chi connectivity index (χ0n) is 19.3. The standard InChI is InChI=1S/C27H15N5O2S4/c1-3-8-19-16(6-1)24(31-38-19)27(21-10-5-13-33-21)22(18-11-14-36-30-18)23(34-32(27)26-28-12-15-35-26)25-29-17-7-2-4-9-20(17)37-25/h1-15H. The minimum Gasteiger partial charge on any atom is -0.466 e. The maximum Gasteiger partial charge on any atom is 0.220 e. The first kappa shape index (κ1) is 22.1. The van der Waals surface area contributed by atoms with Crippen LogP contribution in [0.4, 0.5) is 5.13 Å². The number of aromatic nitrogens is 4. The highest BCUT2D eigenvalue weighted by molar-refractivity contribution is 7.19. The molecular weight excluding hydrogens is 555 g/mol. The number of rotatable bonds is 5. The molecule has 38 heavy (non-hydrogen) atoms. The van der Waals surface area contributed by atoms with E-state index >= 15 is 0 Å². The lowest BCUT2D eigenvalue weighted by atomic mass is 9.80. The van der Waals surface area contributed by atoms with Gasteiger partial charge in [0.05, 0.1) is 32.4 Å². The van der Waals surface area contributed by atoms with Gasteiger partial charge in [0, 0.05) is 22.3 Å². The first-order valence-electron chi connectivity index (χ1n) is 11.6. The van der Waals surface area contributed by atoms with Crippen molar-refractivity contribution < 1.29 is 9.25 Å². The topological polar surface area (TPSA) is 77.2 Å². The fourth-order valence-electron chi connectivity index (χ4n) is 4.91. The molecule has 184 valence electrons. The van der Waals surface area contributed by atoms with Gasteiger partial charge < -0.3 is 9.25 Å². The fraction of sp³-hybridized carbons (Fsp3) is 0.0370. The molecule has 8 rings (SSSR count). The van der Waals surface area contributed by atoms with Crippen molar-refractivity contribution in [3.8, 4) is 0 Å². The Morgan fingerprint density at radius 1 is 0.868 bits per heavy atom. The van der Waals surface area contributed by atoms with Crippen molar-refractivity contribution in [2.24, 2.45) is 0 Å². The fourth-order valence-corrected chi connectivity index (χ4v) is 7.84. The SMILES string of the molecule is c1coc(C2(c3nsc4ccccc34)C(c3ccsn3)=C(c3nc4ccccc4s3)ON2c2nccs2)c1. The lowest BCUT2D eigenvalue weighted by Gasteiger charge is -2.34. The van der Waals surface area contributed by atoms with Crippen molar-refractivity contribution in [1.82, 2.24) is 18.7 Å². The average molecular weight is 570 g/mol. The summed E-state index contributed by atoms with van der Waals surface area (Å²) in [6, 6.07) is 22.2. The van der Waals surface area contributed by atoms with Crippen molar-refractivity contribution in [2.75, 3.05) is 5.06 Å². The Morgan fingerprint density at radius 3 is 2.55 bits per heavy atom. The average Bonchev–Trinajstić information content (AvgIpc) is 3.77. The Bertz CT molecular complexity index is 1890. The van der Waals surface area contributed by atoms with Crippen molar-refractivity contribution in [3.05, 3.63) is 112 Å². The second-order valence-electron chi connectivity index (χ2n) is 8.49. The number of anilines is 1. The van der Waals surface area contributed by atoms with Crippen LogP contribution in [0.5, 0.6) is 0 Å². The first-order chi connectivity index (χ1) is 18.8. The van der Waals surface area contributed by atoms with Crippen molar-refractivity contribution in [3.63, 3.8) is 0 Å². The molecule has 0 saturated carbocycles. The molecule has 1 atom stereocenters. The van der Waals surface area contributed by atoms with E-state index in [2.05, 4.69) is 23.2 Å². The third-order valence-corrected chi connectivity index (χ3v) is 9.61. The number of benzene rings is 2. The lowest BCUT2D eigenvalue weighted by molar-refractivity contribution is 0.205. The predicted molar refractivity (Wildman–Crippen MR) is 153 cm³/mol. The van der Waals surface area contributed by atoms with Crippen molar-refractivity contribution >= 4 is 82.5 Å². The molecular formula is C27H15N5O2S4. The monoisotopic (exact) mass is 569 g/mol. The number of furan rings is 1. The summed E-state index contributed by atoms with van der Waals surface area (Å²) in [6.07, 6.45) is 3.45. The predicted octanol–water partition coefficient (Wildman–Crippen LogP) is 7.68. The van der Waals surface area contributed by atoms with E-state index in [1.807, 2.05) is 64.4 Å². The molecule has 1 unspecified atom stereocenters. The molecule has 2 aromatic carbocycles. The summed E-state index contributed by atoms with van der Waals surface area (Å²) in [5, 5.41) is 8.16. The molecule has 0 N–H and O–H groups in total. The van der Waals surface area contributed by atoms with E-state index < -0.39 is 5.54 Å². The van der Waals surface area contributed by atoms with E-state index in [-0.39, 0.29) is 0 Å². The van der Waals surface area contributed by atoms with Gasteiger partial charge in [-0.25, -0.2) is 9.97 Å². The molecule has 6 heterocycles. The number of para-hydroxylation sites is 1. The summed E-state index contributed by atoms with van der Waals surface area (Å²) in [5.41, 5.74) is 2.19. The van der Waals surface area contributed by atoms with Gasteiger partial charge in [-0.2, -0.15) is 13.8 Å². The minimum absolute atomic E-state index is 0.612. The van der Waals surface area contributed by atoms with Gasteiger partial charge in [-0.15, -0.1) is 22.7 Å². The second kappa shape index (κ2) is 8.57. The number of hydroxylamine groups is 1. The van der Waals surface area contributed by atoms with E-state index in [1.54, 1.807) is 23.8 Å². The summed E-state index contributed by atoms with van der Waals surface area (Å²) in [4.78, 5) is 16.5. The van der Waals surface area contributed by atoms with Crippen LogP contribution in [0.1, 0.15) is 22.2 Å². The van der Waals surface area contributed by atoms with Gasteiger partial charge in [0.15, 0.2) is 10.8 Å². The third kappa shape index (κ3) is 3.10. The summed E-state index contributed by atoms with van der Waals surface area (Å²) in [7, 11) is 0. The highest BCUT2D eigenvalue weighted by atomic mass is 32.1. The maximum absolute atomic E-state index is 6.85. The largest absolute Gasteiger partial charge is 0.466 e. The number of fused-ring (bicyclic) bond motifs is 2. The number of nitrogens with zero attached hydrogens (tertiary/aromatic N) is 5. The van der Waals surface area contributed by atoms with Crippen LogP contribution in [0.3, 0.4) is 0 Å². The molecule has 11 heteroatoms. The molecule has 0 spiro atoms. The molecule has 0 bridgehead atoms. The van der Waals surface area contributed by atoms with Gasteiger partial charge >= 0.3 is 0 Å². The minimum atomic E-state index is -1.11. The smallest absolute Gasteiger partial charge is 0.220 e. The van der Waals surface area contributed by atoms with Gasteiger partial charge in [-0.05, 0) is 59.5 Å². The molecule has 7 aromatic rings. The maximum atomic E-state index is 6.85. The van der Waals surface area contributed by atoms with E-state index in [0.29, 0.717) is 16.7 Å². The zero-order valence-corrected chi connectivity index (χ0v) is 22.6. The van der Waals surface area contributed by atoms with Crippen molar-refractivity contribution in [2.45, 2.75) is 5.54 Å². The Hall–Kier alpha value is -3.90. The van der Waals surface area contributed by atoms with Crippen LogP contribution in [0, 0.1) is 0 Å². The highest BCUT2D eigenvalue weighted by Crippen LogP contribution is 2.58. The van der Waals surface area contributed by atoms with Crippen LogP contribution in [0.15, 0.2) is 94.4 Å². The Labute approximate surface area is 232 Å². The van der Waals surface area contributed by atoms with Gasteiger partial charge in [0.2, 0.25) is 10.7 Å². The van der Waals surface area contributed by atoms with Crippen LogP contribution in [0.25, 0.3) is 31.6 Å². The molecule has 0 radical (unpaired) electrons. The molecule has 0 fully saturated rings. The number of hydrogen-bond donors (Lipinski definition) is 0. The van der Waals surface area contributed by atoms with Gasteiger partial charge in [0.25, 0.3) is 0 Å². The van der Waals surface area contributed by atoms with Crippen LogP contribution in [0.2, 0.25) is 0 Å². The molecule has 0 aliphatic carbocycles. The molecule has 5 aromatic heterocycles. The Kier molecular flexibility index (Phi) is 4.99. The van der Waals surface area contributed by atoms with Crippen LogP contribution < -0.4 is 5.06 Å². The van der Waals surface area contributed by atoms with Crippen LogP contribution >= 0.6 is 45.7 Å². The molecule has 1 aliphatic heterocycles. The van der Waals surface area contributed by atoms with E-state index in [9.17, 15) is 0 Å². The van der Waals surface area contributed by atoms with E-state index in [1.165, 1.54) is 34.4 Å². The third-order valence-electron chi connectivity index (χ3n) is 6.45. The molecule has 0 saturated heterocycles. The zero-order chi connectivity index (χ0) is 25.1. The van der Waals surface area contributed by atoms with Crippen LogP contribution in [-0.2, 0) is 10.4 Å². The molecule has 7 nitrogen and oxygen atoms in total.